The third-order valence-electron chi connectivity index (χ3n) is 1.90. The summed E-state index contributed by atoms with van der Waals surface area (Å²) in [5.41, 5.74) is 5.32. The normalized spacial score (nSPS) is 12.6. The molecule has 0 fully saturated rings. The number of carbonyl (C=O) groups excluding carboxylic acids is 1. The van der Waals surface area contributed by atoms with Crippen LogP contribution in [0.2, 0.25) is 0 Å². The molecule has 13 heavy (non-hydrogen) atoms. The van der Waals surface area contributed by atoms with Gasteiger partial charge in [-0.15, -0.1) is 0 Å². The van der Waals surface area contributed by atoms with E-state index in [1.807, 2.05) is 14.0 Å². The van der Waals surface area contributed by atoms with Crippen LogP contribution >= 0.6 is 0 Å². The fraction of sp³-hybridized carbons (Fsp3) is 0.889. The third kappa shape index (κ3) is 4.85. The zero-order valence-electron chi connectivity index (χ0n) is 8.84. The van der Waals surface area contributed by atoms with Gasteiger partial charge >= 0.3 is 0 Å². The summed E-state index contributed by atoms with van der Waals surface area (Å²) in [6, 6.07) is -0.125. The highest BCUT2D eigenvalue weighted by molar-refractivity contribution is 5.81. The molecule has 0 aliphatic heterocycles. The monoisotopic (exact) mass is 187 g/mol. The summed E-state index contributed by atoms with van der Waals surface area (Å²) >= 11 is 0. The maximum absolute atomic E-state index is 11.6. The van der Waals surface area contributed by atoms with Crippen molar-refractivity contribution in [3.05, 3.63) is 0 Å². The average molecular weight is 187 g/mol. The Kier molecular flexibility index (Phi) is 6.54. The summed E-state index contributed by atoms with van der Waals surface area (Å²) in [6.07, 6.45) is 0.992. The van der Waals surface area contributed by atoms with Crippen molar-refractivity contribution in [3.63, 3.8) is 0 Å². The smallest absolute Gasteiger partial charge is 0.239 e. The molecular weight excluding hydrogens is 166 g/mol. The number of nitrogens with zero attached hydrogens (tertiary/aromatic N) is 1. The molecule has 0 aromatic carbocycles. The molecule has 0 saturated heterocycles. The first kappa shape index (κ1) is 12.4. The molecule has 0 rings (SSSR count). The first-order valence-corrected chi connectivity index (χ1v) is 4.81. The van der Waals surface area contributed by atoms with E-state index >= 15 is 0 Å². The average Bonchev–Trinajstić information content (AvgIpc) is 2.13. The molecular formula is C9H21N3O. The van der Waals surface area contributed by atoms with Crippen molar-refractivity contribution in [1.82, 2.24) is 10.2 Å². The van der Waals surface area contributed by atoms with Crippen LogP contribution in [0.25, 0.3) is 0 Å². The maximum Gasteiger partial charge on any atom is 0.239 e. The van der Waals surface area contributed by atoms with Gasteiger partial charge in [0, 0.05) is 26.7 Å². The first-order valence-electron chi connectivity index (χ1n) is 4.81. The first-order chi connectivity index (χ1) is 6.13. The van der Waals surface area contributed by atoms with Crippen LogP contribution in [0, 0.1) is 0 Å². The minimum atomic E-state index is -0.125. The molecule has 3 N–H and O–H groups in total. The van der Waals surface area contributed by atoms with Gasteiger partial charge in [-0.2, -0.15) is 0 Å². The fourth-order valence-corrected chi connectivity index (χ4v) is 1.16. The Morgan fingerprint density at radius 3 is 2.69 bits per heavy atom. The Balaban J connectivity index is 3.79. The molecule has 78 valence electrons. The Morgan fingerprint density at radius 2 is 2.23 bits per heavy atom. The molecule has 0 aliphatic rings. The molecule has 0 heterocycles. The van der Waals surface area contributed by atoms with Gasteiger partial charge in [-0.3, -0.25) is 4.79 Å². The van der Waals surface area contributed by atoms with Crippen molar-refractivity contribution in [1.29, 1.82) is 0 Å². The van der Waals surface area contributed by atoms with Crippen LogP contribution < -0.4 is 11.1 Å². The van der Waals surface area contributed by atoms with Crippen molar-refractivity contribution in [3.8, 4) is 0 Å². The molecule has 1 unspecified atom stereocenters. The van der Waals surface area contributed by atoms with Crippen LogP contribution in [0.4, 0.5) is 0 Å². The molecule has 1 amide bonds. The van der Waals surface area contributed by atoms with Crippen molar-refractivity contribution >= 4 is 5.91 Å². The van der Waals surface area contributed by atoms with Gasteiger partial charge in [-0.1, -0.05) is 6.92 Å². The zero-order chi connectivity index (χ0) is 10.3. The Bertz CT molecular complexity index is 150. The Hall–Kier alpha value is -0.610. The molecule has 0 aromatic heterocycles. The van der Waals surface area contributed by atoms with Gasteiger partial charge in [0.15, 0.2) is 0 Å². The molecule has 0 spiro atoms. The van der Waals surface area contributed by atoms with E-state index in [1.165, 1.54) is 0 Å². The number of nitrogens with two attached hydrogens (primary N) is 1. The van der Waals surface area contributed by atoms with Gasteiger partial charge in [0.05, 0.1) is 6.04 Å². The van der Waals surface area contributed by atoms with Crippen molar-refractivity contribution in [2.24, 2.45) is 5.73 Å². The number of amides is 1. The number of hydrogen-bond donors (Lipinski definition) is 2. The van der Waals surface area contributed by atoms with Gasteiger partial charge in [0.2, 0.25) is 5.91 Å². The number of rotatable bonds is 6. The standard InChI is InChI=1S/C9H21N3O/c1-4-7-12(3)9(13)8(2)11-6-5-10/h8,11H,4-7,10H2,1-3H3. The summed E-state index contributed by atoms with van der Waals surface area (Å²) in [7, 11) is 1.83. The quantitative estimate of drug-likeness (QED) is 0.605. The van der Waals surface area contributed by atoms with Crippen LogP contribution in [-0.2, 0) is 4.79 Å². The molecule has 0 aliphatic carbocycles. The van der Waals surface area contributed by atoms with Crippen LogP contribution in [-0.4, -0.2) is 43.5 Å². The van der Waals surface area contributed by atoms with E-state index in [-0.39, 0.29) is 11.9 Å². The highest BCUT2D eigenvalue weighted by Gasteiger charge is 2.15. The molecule has 0 bridgehead atoms. The molecule has 0 aromatic rings. The van der Waals surface area contributed by atoms with Crippen molar-refractivity contribution in [2.45, 2.75) is 26.3 Å². The van der Waals surface area contributed by atoms with Gasteiger partial charge < -0.3 is 16.0 Å². The van der Waals surface area contributed by atoms with Crippen LogP contribution in [0.15, 0.2) is 0 Å². The summed E-state index contributed by atoms with van der Waals surface area (Å²) in [6.45, 7) is 5.99. The molecule has 4 heteroatoms. The summed E-state index contributed by atoms with van der Waals surface area (Å²) in [5, 5.41) is 3.06. The van der Waals surface area contributed by atoms with E-state index in [9.17, 15) is 4.79 Å². The van der Waals surface area contributed by atoms with Crippen LogP contribution in [0.3, 0.4) is 0 Å². The minimum Gasteiger partial charge on any atom is -0.344 e. The van der Waals surface area contributed by atoms with Crippen LogP contribution in [0.1, 0.15) is 20.3 Å². The highest BCUT2D eigenvalue weighted by Crippen LogP contribution is 1.92. The van der Waals surface area contributed by atoms with Crippen molar-refractivity contribution < 1.29 is 4.79 Å². The molecule has 1 atom stereocenters. The Morgan fingerprint density at radius 1 is 1.62 bits per heavy atom. The number of nitrogens with one attached hydrogen (secondary N) is 1. The fourth-order valence-electron chi connectivity index (χ4n) is 1.16. The van der Waals surface area contributed by atoms with Gasteiger partial charge in [-0.05, 0) is 13.3 Å². The maximum atomic E-state index is 11.6. The van der Waals surface area contributed by atoms with Gasteiger partial charge in [0.1, 0.15) is 0 Å². The minimum absolute atomic E-state index is 0.125. The molecule has 4 nitrogen and oxygen atoms in total. The largest absolute Gasteiger partial charge is 0.344 e. The van der Waals surface area contributed by atoms with E-state index < -0.39 is 0 Å². The highest BCUT2D eigenvalue weighted by atomic mass is 16.2. The summed E-state index contributed by atoms with van der Waals surface area (Å²) in [5.74, 6) is 0.135. The topological polar surface area (TPSA) is 58.4 Å². The van der Waals surface area contributed by atoms with E-state index in [4.69, 9.17) is 5.73 Å². The summed E-state index contributed by atoms with van der Waals surface area (Å²) in [4.78, 5) is 13.3. The van der Waals surface area contributed by atoms with Gasteiger partial charge in [0.25, 0.3) is 0 Å². The van der Waals surface area contributed by atoms with Crippen molar-refractivity contribution in [2.75, 3.05) is 26.7 Å². The lowest BCUT2D eigenvalue weighted by Gasteiger charge is -2.21. The Labute approximate surface area is 80.5 Å². The van der Waals surface area contributed by atoms with E-state index in [0.29, 0.717) is 13.1 Å². The van der Waals surface area contributed by atoms with Gasteiger partial charge in [-0.25, -0.2) is 0 Å². The lowest BCUT2D eigenvalue weighted by atomic mass is 10.3. The molecule has 0 radical (unpaired) electrons. The van der Waals surface area contributed by atoms with E-state index in [2.05, 4.69) is 12.2 Å². The second-order valence-corrected chi connectivity index (χ2v) is 3.22. The number of likely N-dealkylation sites (N-methyl/N-ethyl adjacent to an activating group) is 1. The second-order valence-electron chi connectivity index (χ2n) is 3.22. The lowest BCUT2D eigenvalue weighted by molar-refractivity contribution is -0.131. The second kappa shape index (κ2) is 6.86. The third-order valence-corrected chi connectivity index (χ3v) is 1.90. The predicted octanol–water partition coefficient (Wildman–Crippen LogP) is -0.208. The molecule has 0 saturated carbocycles. The SMILES string of the molecule is CCCN(C)C(=O)C(C)NCCN. The number of hydrogen-bond acceptors (Lipinski definition) is 3. The van der Waals surface area contributed by atoms with E-state index in [0.717, 1.165) is 13.0 Å². The van der Waals surface area contributed by atoms with E-state index in [1.54, 1.807) is 4.90 Å². The van der Waals surface area contributed by atoms with Crippen LogP contribution in [0.5, 0.6) is 0 Å². The zero-order valence-corrected chi connectivity index (χ0v) is 8.84. The summed E-state index contributed by atoms with van der Waals surface area (Å²) < 4.78 is 0. The number of carbonyl (C=O) groups is 1. The lowest BCUT2D eigenvalue weighted by Crippen LogP contribution is -2.44. The predicted molar refractivity (Wildman–Crippen MR) is 54.4 cm³/mol.